The van der Waals surface area contributed by atoms with Crippen molar-refractivity contribution in [3.8, 4) is 11.5 Å². The van der Waals surface area contributed by atoms with Gasteiger partial charge in [-0.05, 0) is 31.9 Å². The van der Waals surface area contributed by atoms with Crippen LogP contribution in [0.4, 0.5) is 0 Å². The van der Waals surface area contributed by atoms with Gasteiger partial charge in [0.25, 0.3) is 0 Å². The van der Waals surface area contributed by atoms with Crippen LogP contribution in [0.3, 0.4) is 0 Å². The molecule has 0 spiro atoms. The van der Waals surface area contributed by atoms with E-state index in [0.717, 1.165) is 30.7 Å². The van der Waals surface area contributed by atoms with Gasteiger partial charge in [-0.25, -0.2) is 0 Å². The molecule has 0 radical (unpaired) electrons. The topological polar surface area (TPSA) is 52.8 Å². The first-order valence-corrected chi connectivity index (χ1v) is 8.17. The Morgan fingerprint density at radius 3 is 2.33 bits per heavy atom. The highest BCUT2D eigenvalue weighted by atomic mass is 16.3. The Bertz CT molecular complexity index is 467. The van der Waals surface area contributed by atoms with Crippen LogP contribution in [0.25, 0.3) is 0 Å². The van der Waals surface area contributed by atoms with Gasteiger partial charge in [0.2, 0.25) is 0 Å². The standard InChI is InChI=1S/C18H29NO2/c1-4-6-7-8-9-10-13-19-16(5-2)15-11-12-17(20)14(3)18(15)21/h11-12,20-21H,4-10,13H2,1-3H3/b19-16+. The van der Waals surface area contributed by atoms with Crippen LogP contribution in [-0.2, 0) is 0 Å². The quantitative estimate of drug-likeness (QED) is 0.499. The minimum Gasteiger partial charge on any atom is -0.508 e. The number of benzene rings is 1. The van der Waals surface area contributed by atoms with Gasteiger partial charge in [0, 0.05) is 23.4 Å². The summed E-state index contributed by atoms with van der Waals surface area (Å²) in [7, 11) is 0. The molecule has 118 valence electrons. The van der Waals surface area contributed by atoms with Crippen LogP contribution in [0.15, 0.2) is 17.1 Å². The molecular formula is C18H29NO2. The highest BCUT2D eigenvalue weighted by Crippen LogP contribution is 2.30. The molecule has 1 aromatic carbocycles. The van der Waals surface area contributed by atoms with Gasteiger partial charge in [-0.1, -0.05) is 46.0 Å². The smallest absolute Gasteiger partial charge is 0.131 e. The summed E-state index contributed by atoms with van der Waals surface area (Å²) in [6.07, 6.45) is 8.31. The maximum absolute atomic E-state index is 10.1. The average Bonchev–Trinajstić information content (AvgIpc) is 2.49. The fraction of sp³-hybridized carbons (Fsp3) is 0.611. The van der Waals surface area contributed by atoms with Crippen LogP contribution in [-0.4, -0.2) is 22.5 Å². The second kappa shape index (κ2) is 9.43. The van der Waals surface area contributed by atoms with Crippen molar-refractivity contribution in [3.05, 3.63) is 23.3 Å². The summed E-state index contributed by atoms with van der Waals surface area (Å²) in [5.41, 5.74) is 2.19. The molecule has 1 rings (SSSR count). The van der Waals surface area contributed by atoms with Crippen molar-refractivity contribution >= 4 is 5.71 Å². The molecule has 3 nitrogen and oxygen atoms in total. The third-order valence-corrected chi connectivity index (χ3v) is 3.86. The third-order valence-electron chi connectivity index (χ3n) is 3.86. The van der Waals surface area contributed by atoms with E-state index in [2.05, 4.69) is 11.9 Å². The largest absolute Gasteiger partial charge is 0.508 e. The van der Waals surface area contributed by atoms with E-state index in [1.807, 2.05) is 6.92 Å². The first kappa shape index (κ1) is 17.5. The van der Waals surface area contributed by atoms with Gasteiger partial charge in [0.1, 0.15) is 11.5 Å². The van der Waals surface area contributed by atoms with Crippen LogP contribution >= 0.6 is 0 Å². The van der Waals surface area contributed by atoms with Gasteiger partial charge in [0.05, 0.1) is 0 Å². The zero-order chi connectivity index (χ0) is 15.7. The van der Waals surface area contributed by atoms with E-state index in [0.29, 0.717) is 5.56 Å². The maximum atomic E-state index is 10.1. The molecule has 0 saturated heterocycles. The average molecular weight is 291 g/mol. The fourth-order valence-electron chi connectivity index (χ4n) is 2.42. The van der Waals surface area contributed by atoms with Crippen molar-refractivity contribution in [2.24, 2.45) is 4.99 Å². The van der Waals surface area contributed by atoms with Crippen LogP contribution in [0.1, 0.15) is 69.9 Å². The summed E-state index contributed by atoms with van der Waals surface area (Å²) in [6, 6.07) is 3.38. The maximum Gasteiger partial charge on any atom is 0.131 e. The molecule has 0 aliphatic carbocycles. The van der Waals surface area contributed by atoms with Gasteiger partial charge in [0.15, 0.2) is 0 Å². The van der Waals surface area contributed by atoms with Gasteiger partial charge in [-0.2, -0.15) is 0 Å². The number of rotatable bonds is 9. The summed E-state index contributed by atoms with van der Waals surface area (Å²) >= 11 is 0. The number of hydrogen-bond donors (Lipinski definition) is 2. The van der Waals surface area contributed by atoms with Gasteiger partial charge in [-0.3, -0.25) is 4.99 Å². The minimum atomic E-state index is 0.127. The Morgan fingerprint density at radius 2 is 1.67 bits per heavy atom. The number of phenols is 2. The summed E-state index contributed by atoms with van der Waals surface area (Å²) in [5.74, 6) is 0.279. The van der Waals surface area contributed by atoms with Crippen molar-refractivity contribution in [3.63, 3.8) is 0 Å². The Kier molecular flexibility index (Phi) is 7.88. The number of phenolic OH excluding ortho intramolecular Hbond substituents is 2. The normalized spacial score (nSPS) is 11.9. The Labute approximate surface area is 128 Å². The van der Waals surface area contributed by atoms with Crippen molar-refractivity contribution in [1.82, 2.24) is 0 Å². The minimum absolute atomic E-state index is 0.127. The Balaban J connectivity index is 2.58. The van der Waals surface area contributed by atoms with E-state index in [4.69, 9.17) is 0 Å². The van der Waals surface area contributed by atoms with Gasteiger partial charge in [-0.15, -0.1) is 0 Å². The molecule has 0 aromatic heterocycles. The molecule has 0 unspecified atom stereocenters. The van der Waals surface area contributed by atoms with Crippen molar-refractivity contribution < 1.29 is 10.2 Å². The van der Waals surface area contributed by atoms with E-state index >= 15 is 0 Å². The molecule has 0 fully saturated rings. The second-order valence-electron chi connectivity index (χ2n) is 5.56. The first-order valence-electron chi connectivity index (χ1n) is 8.17. The molecule has 0 heterocycles. The predicted octanol–water partition coefficient (Wildman–Crippen LogP) is 4.97. The monoisotopic (exact) mass is 291 g/mol. The van der Waals surface area contributed by atoms with E-state index in [1.54, 1.807) is 19.1 Å². The van der Waals surface area contributed by atoms with Crippen molar-refractivity contribution in [2.45, 2.75) is 65.7 Å². The Morgan fingerprint density at radius 1 is 1.00 bits per heavy atom. The second-order valence-corrected chi connectivity index (χ2v) is 5.56. The number of nitrogens with zero attached hydrogens (tertiary/aromatic N) is 1. The lowest BCUT2D eigenvalue weighted by atomic mass is 10.0. The summed E-state index contributed by atoms with van der Waals surface area (Å²) in [6.45, 7) is 6.80. The summed E-state index contributed by atoms with van der Waals surface area (Å²) < 4.78 is 0. The van der Waals surface area contributed by atoms with Crippen LogP contribution in [0.5, 0.6) is 11.5 Å². The van der Waals surface area contributed by atoms with E-state index in [-0.39, 0.29) is 11.5 Å². The number of hydrogen-bond acceptors (Lipinski definition) is 3. The van der Waals surface area contributed by atoms with Crippen molar-refractivity contribution in [1.29, 1.82) is 0 Å². The number of unbranched alkanes of at least 4 members (excludes halogenated alkanes) is 5. The highest BCUT2D eigenvalue weighted by molar-refractivity contribution is 6.03. The fourth-order valence-corrected chi connectivity index (χ4v) is 2.42. The molecule has 0 saturated carbocycles. The SMILES string of the molecule is CCCCCCCC/N=C(\CC)c1ccc(O)c(C)c1O. The molecule has 1 aromatic rings. The molecule has 0 bridgehead atoms. The highest BCUT2D eigenvalue weighted by Gasteiger charge is 2.12. The lowest BCUT2D eigenvalue weighted by Crippen LogP contribution is -2.02. The first-order chi connectivity index (χ1) is 10.1. The summed E-state index contributed by atoms with van der Waals surface area (Å²) in [4.78, 5) is 4.64. The lowest BCUT2D eigenvalue weighted by Gasteiger charge is -2.10. The van der Waals surface area contributed by atoms with Crippen LogP contribution < -0.4 is 0 Å². The summed E-state index contributed by atoms with van der Waals surface area (Å²) in [5, 5.41) is 19.7. The van der Waals surface area contributed by atoms with Crippen LogP contribution in [0, 0.1) is 6.92 Å². The van der Waals surface area contributed by atoms with Gasteiger partial charge >= 0.3 is 0 Å². The molecular weight excluding hydrogens is 262 g/mol. The van der Waals surface area contributed by atoms with Gasteiger partial charge < -0.3 is 10.2 Å². The molecule has 21 heavy (non-hydrogen) atoms. The molecule has 2 N–H and O–H groups in total. The third kappa shape index (κ3) is 5.41. The molecule has 0 atom stereocenters. The zero-order valence-electron chi connectivity index (χ0n) is 13.7. The molecule has 3 heteroatoms. The molecule has 0 aliphatic heterocycles. The lowest BCUT2D eigenvalue weighted by molar-refractivity contribution is 0.442. The number of aliphatic imine (C=N–C) groups is 1. The van der Waals surface area contributed by atoms with Crippen LogP contribution in [0.2, 0.25) is 0 Å². The van der Waals surface area contributed by atoms with E-state index < -0.39 is 0 Å². The predicted molar refractivity (Wildman–Crippen MR) is 89.6 cm³/mol. The molecule has 0 aliphatic rings. The zero-order valence-corrected chi connectivity index (χ0v) is 13.7. The van der Waals surface area contributed by atoms with Crippen molar-refractivity contribution in [2.75, 3.05) is 6.54 Å². The van der Waals surface area contributed by atoms with E-state index in [1.165, 1.54) is 32.1 Å². The van der Waals surface area contributed by atoms with E-state index in [9.17, 15) is 10.2 Å². The molecule has 0 amide bonds. The Hall–Kier alpha value is -1.51. The number of aromatic hydroxyl groups is 2.